The number of terminal acetylenes is 1. The molecule has 0 spiro atoms. The average molecular weight is 378 g/mol. The topological polar surface area (TPSA) is 46.6 Å². The van der Waals surface area contributed by atoms with Crippen molar-refractivity contribution in [3.63, 3.8) is 0 Å². The first kappa shape index (κ1) is 16.4. The highest BCUT2D eigenvalue weighted by molar-refractivity contribution is 9.10. The van der Waals surface area contributed by atoms with Crippen molar-refractivity contribution in [2.45, 2.75) is 0 Å². The minimum Gasteiger partial charge on any atom is -0.488 e. The molecule has 0 saturated carbocycles. The Hall–Kier alpha value is -1.97. The summed E-state index contributed by atoms with van der Waals surface area (Å²) in [5, 5.41) is -0.348. The third-order valence-corrected chi connectivity index (χ3v) is 4.26. The lowest BCUT2D eigenvalue weighted by Gasteiger charge is -2.07. The van der Waals surface area contributed by atoms with Crippen LogP contribution in [0.5, 0.6) is 5.75 Å². The Morgan fingerprint density at radius 1 is 1.45 bits per heavy atom. The van der Waals surface area contributed by atoms with Crippen LogP contribution in [0.25, 0.3) is 6.08 Å². The number of carbonyl (C=O) groups is 2. The van der Waals surface area contributed by atoms with E-state index in [0.29, 0.717) is 17.3 Å². The molecule has 1 aliphatic heterocycles. The summed E-state index contributed by atoms with van der Waals surface area (Å²) in [5.41, 5.74) is 0.782. The summed E-state index contributed by atoms with van der Waals surface area (Å²) in [7, 11) is 0. The maximum absolute atomic E-state index is 12.1. The van der Waals surface area contributed by atoms with Gasteiger partial charge in [-0.05, 0) is 51.5 Å². The van der Waals surface area contributed by atoms with Crippen molar-refractivity contribution in [3.05, 3.63) is 45.8 Å². The predicted octanol–water partition coefficient (Wildman–Crippen LogP) is 3.68. The van der Waals surface area contributed by atoms with Crippen molar-refractivity contribution in [2.24, 2.45) is 0 Å². The molecule has 112 valence electrons. The molecular weight excluding hydrogens is 366 g/mol. The monoisotopic (exact) mass is 377 g/mol. The van der Waals surface area contributed by atoms with Gasteiger partial charge in [-0.15, -0.1) is 6.42 Å². The summed E-state index contributed by atoms with van der Waals surface area (Å²) in [6.45, 7) is 3.98. The summed E-state index contributed by atoms with van der Waals surface area (Å²) in [6.07, 6.45) is 8.47. The summed E-state index contributed by atoms with van der Waals surface area (Å²) < 4.78 is 6.21. The average Bonchev–Trinajstić information content (AvgIpc) is 2.74. The number of ether oxygens (including phenoxy) is 1. The van der Waals surface area contributed by atoms with Crippen molar-refractivity contribution in [1.82, 2.24) is 4.90 Å². The first-order valence-corrected chi connectivity index (χ1v) is 7.90. The Bertz CT molecular complexity index is 706. The molecule has 4 nitrogen and oxygen atoms in total. The first-order valence-electron chi connectivity index (χ1n) is 6.29. The maximum atomic E-state index is 12.1. The van der Waals surface area contributed by atoms with Crippen molar-refractivity contribution in [2.75, 3.05) is 13.2 Å². The van der Waals surface area contributed by atoms with Crippen molar-refractivity contribution >= 4 is 44.9 Å². The maximum Gasteiger partial charge on any atom is 0.294 e. The highest BCUT2D eigenvalue weighted by Gasteiger charge is 2.34. The van der Waals surface area contributed by atoms with E-state index in [1.165, 1.54) is 0 Å². The Morgan fingerprint density at radius 2 is 2.23 bits per heavy atom. The van der Waals surface area contributed by atoms with E-state index in [9.17, 15) is 9.59 Å². The normalized spacial score (nSPS) is 16.0. The zero-order chi connectivity index (χ0) is 16.1. The highest BCUT2D eigenvalue weighted by Crippen LogP contribution is 2.33. The lowest BCUT2D eigenvalue weighted by molar-refractivity contribution is -0.122. The van der Waals surface area contributed by atoms with Gasteiger partial charge in [-0.2, -0.15) is 0 Å². The molecule has 1 fully saturated rings. The van der Waals surface area contributed by atoms with Gasteiger partial charge in [0.25, 0.3) is 11.1 Å². The Balaban J connectivity index is 2.21. The molecule has 0 radical (unpaired) electrons. The van der Waals surface area contributed by atoms with Crippen LogP contribution in [0.1, 0.15) is 5.56 Å². The van der Waals surface area contributed by atoms with Gasteiger partial charge in [0.15, 0.2) is 0 Å². The number of rotatable bonds is 5. The second kappa shape index (κ2) is 7.34. The molecule has 0 atom stereocenters. The molecule has 0 bridgehead atoms. The molecule has 22 heavy (non-hydrogen) atoms. The minimum absolute atomic E-state index is 0.0139. The fourth-order valence-electron chi connectivity index (χ4n) is 1.75. The molecule has 1 saturated heterocycles. The van der Waals surface area contributed by atoms with Crippen molar-refractivity contribution < 1.29 is 14.3 Å². The van der Waals surface area contributed by atoms with Gasteiger partial charge in [0.1, 0.15) is 12.4 Å². The third kappa shape index (κ3) is 3.62. The van der Waals surface area contributed by atoms with Gasteiger partial charge in [-0.3, -0.25) is 14.5 Å². The summed E-state index contributed by atoms with van der Waals surface area (Å²) in [4.78, 5) is 25.2. The molecular formula is C16H12BrNO3S. The van der Waals surface area contributed by atoms with Crippen LogP contribution in [0, 0.1) is 12.3 Å². The molecule has 0 unspecified atom stereocenters. The fourth-order valence-corrected chi connectivity index (χ4v) is 3.10. The van der Waals surface area contributed by atoms with E-state index in [1.54, 1.807) is 24.3 Å². The van der Waals surface area contributed by atoms with E-state index in [0.717, 1.165) is 26.7 Å². The van der Waals surface area contributed by atoms with Crippen molar-refractivity contribution in [3.8, 4) is 18.1 Å². The molecule has 2 rings (SSSR count). The van der Waals surface area contributed by atoms with Crippen LogP contribution in [0.3, 0.4) is 0 Å². The summed E-state index contributed by atoms with van der Waals surface area (Å²) in [6, 6.07) is 5.40. The van der Waals surface area contributed by atoms with Crippen LogP contribution in [-0.4, -0.2) is 29.2 Å². The van der Waals surface area contributed by atoms with Crippen LogP contribution in [0.2, 0.25) is 0 Å². The molecule has 2 amide bonds. The molecule has 1 aliphatic rings. The van der Waals surface area contributed by atoms with Gasteiger partial charge in [-0.1, -0.05) is 24.6 Å². The number of amides is 2. The van der Waals surface area contributed by atoms with E-state index in [-0.39, 0.29) is 17.7 Å². The van der Waals surface area contributed by atoms with Gasteiger partial charge in [-0.25, -0.2) is 0 Å². The number of carbonyl (C=O) groups excluding carboxylic acids is 2. The van der Waals surface area contributed by atoms with Gasteiger partial charge in [0, 0.05) is 0 Å². The number of hydrogen-bond donors (Lipinski definition) is 0. The zero-order valence-electron chi connectivity index (χ0n) is 11.5. The van der Waals surface area contributed by atoms with E-state index in [1.807, 2.05) is 6.07 Å². The van der Waals surface area contributed by atoms with E-state index < -0.39 is 0 Å². The highest BCUT2D eigenvalue weighted by atomic mass is 79.9. The first-order chi connectivity index (χ1) is 10.6. The van der Waals surface area contributed by atoms with E-state index in [2.05, 4.69) is 28.4 Å². The second-order valence-corrected chi connectivity index (χ2v) is 6.11. The SMILES string of the molecule is C#CCN1C(=O)S/C(=C/c2ccc(OCC=C)c(Br)c2)C1=O. The number of hydrogen-bond acceptors (Lipinski definition) is 4. The molecule has 1 heterocycles. The van der Waals surface area contributed by atoms with Crippen LogP contribution in [0.15, 0.2) is 40.2 Å². The van der Waals surface area contributed by atoms with Crippen LogP contribution < -0.4 is 4.74 Å². The molecule has 1 aromatic rings. The molecule has 0 aliphatic carbocycles. The predicted molar refractivity (Wildman–Crippen MR) is 91.3 cm³/mol. The lowest BCUT2D eigenvalue weighted by Crippen LogP contribution is -2.28. The standard InChI is InChI=1S/C16H12BrNO3S/c1-3-7-18-15(19)14(22-16(18)20)10-11-5-6-13(12(17)9-11)21-8-4-2/h1,4-6,9-10H,2,7-8H2/b14-10+. The van der Waals surface area contributed by atoms with Crippen molar-refractivity contribution in [1.29, 1.82) is 0 Å². The number of nitrogens with zero attached hydrogens (tertiary/aromatic N) is 1. The molecule has 1 aromatic carbocycles. The largest absolute Gasteiger partial charge is 0.488 e. The fraction of sp³-hybridized carbons (Fsp3) is 0.125. The zero-order valence-corrected chi connectivity index (χ0v) is 13.9. The number of benzene rings is 1. The Morgan fingerprint density at radius 3 is 2.86 bits per heavy atom. The number of thioether (sulfide) groups is 1. The van der Waals surface area contributed by atoms with Gasteiger partial charge in [0.2, 0.25) is 0 Å². The van der Waals surface area contributed by atoms with Crippen LogP contribution in [0.4, 0.5) is 4.79 Å². The minimum atomic E-state index is -0.365. The van der Waals surface area contributed by atoms with Gasteiger partial charge < -0.3 is 4.74 Å². The quantitative estimate of drug-likeness (QED) is 0.446. The van der Waals surface area contributed by atoms with Crippen LogP contribution >= 0.6 is 27.7 Å². The Kier molecular flexibility index (Phi) is 5.47. The summed E-state index contributed by atoms with van der Waals surface area (Å²) in [5.74, 6) is 2.62. The van der Waals surface area contributed by atoms with E-state index in [4.69, 9.17) is 11.2 Å². The molecule has 0 aromatic heterocycles. The van der Waals surface area contributed by atoms with E-state index >= 15 is 0 Å². The molecule has 0 N–H and O–H groups in total. The molecule has 6 heteroatoms. The van der Waals surface area contributed by atoms with Gasteiger partial charge in [0.05, 0.1) is 15.9 Å². The van der Waals surface area contributed by atoms with Crippen LogP contribution in [-0.2, 0) is 4.79 Å². The number of halogens is 1. The smallest absolute Gasteiger partial charge is 0.294 e. The van der Waals surface area contributed by atoms with Gasteiger partial charge >= 0.3 is 0 Å². The summed E-state index contributed by atoms with van der Waals surface area (Å²) >= 11 is 4.29. The third-order valence-electron chi connectivity index (χ3n) is 2.73. The lowest BCUT2D eigenvalue weighted by atomic mass is 10.2. The number of imide groups is 1. The Labute approximate surface area is 141 Å². The second-order valence-electron chi connectivity index (χ2n) is 4.26.